The van der Waals surface area contributed by atoms with E-state index in [0.717, 1.165) is 6.07 Å². The molecule has 176 valence electrons. The molecule has 0 aliphatic rings. The maximum Gasteiger partial charge on any atom is 0.401 e. The number of carbonyl (C=O) groups is 2. The lowest BCUT2D eigenvalue weighted by atomic mass is 10.2. The quantitative estimate of drug-likeness (QED) is 0.112. The lowest BCUT2D eigenvalue weighted by molar-refractivity contribution is 0.0710. The first kappa shape index (κ1) is 24.6. The SMILES string of the molecule is CCOP(=O)(OCC)C(=O)c1ccc2[nH]c(C(=O)Oc3c(F)c(F)c(F)c(F)c3F)cc2c1. The summed E-state index contributed by atoms with van der Waals surface area (Å²) >= 11 is 0. The van der Waals surface area contributed by atoms with E-state index in [9.17, 15) is 36.1 Å². The minimum Gasteiger partial charge on any atom is -0.415 e. The number of benzene rings is 2. The Balaban J connectivity index is 1.94. The van der Waals surface area contributed by atoms with Crippen molar-refractivity contribution in [3.05, 3.63) is 64.6 Å². The molecule has 1 heterocycles. The number of fused-ring (bicyclic) bond motifs is 1. The average molecular weight is 491 g/mol. The van der Waals surface area contributed by atoms with Gasteiger partial charge in [-0.25, -0.2) is 18.0 Å². The number of hydrogen-bond donors (Lipinski definition) is 1. The van der Waals surface area contributed by atoms with Crippen LogP contribution in [0.5, 0.6) is 5.75 Å². The van der Waals surface area contributed by atoms with Gasteiger partial charge in [-0.05, 0) is 38.1 Å². The molecular formula is C20H15F5NO6P. The number of rotatable bonds is 8. The molecule has 0 aliphatic carbocycles. The van der Waals surface area contributed by atoms with E-state index in [2.05, 4.69) is 9.72 Å². The fraction of sp³-hybridized carbons (Fsp3) is 0.200. The van der Waals surface area contributed by atoms with Crippen LogP contribution in [-0.2, 0) is 13.6 Å². The van der Waals surface area contributed by atoms with Crippen molar-refractivity contribution in [3.63, 3.8) is 0 Å². The summed E-state index contributed by atoms with van der Waals surface area (Å²) in [4.78, 5) is 27.4. The van der Waals surface area contributed by atoms with Gasteiger partial charge < -0.3 is 18.8 Å². The van der Waals surface area contributed by atoms with Crippen LogP contribution in [0.1, 0.15) is 34.7 Å². The third kappa shape index (κ3) is 4.54. The molecule has 3 rings (SSSR count). The van der Waals surface area contributed by atoms with Crippen molar-refractivity contribution in [1.29, 1.82) is 0 Å². The summed E-state index contributed by atoms with van der Waals surface area (Å²) in [7, 11) is -4.12. The molecule has 2 aromatic carbocycles. The van der Waals surface area contributed by atoms with Crippen molar-refractivity contribution in [3.8, 4) is 5.75 Å². The van der Waals surface area contributed by atoms with E-state index in [1.54, 1.807) is 0 Å². The summed E-state index contributed by atoms with van der Waals surface area (Å²) < 4.78 is 94.4. The van der Waals surface area contributed by atoms with Crippen LogP contribution in [0.25, 0.3) is 10.9 Å². The molecule has 7 nitrogen and oxygen atoms in total. The van der Waals surface area contributed by atoms with E-state index >= 15 is 0 Å². The standard InChI is InChI=1S/C20H15F5NO6P/c1-3-30-33(29,31-4-2)20(28)9-5-6-11-10(7-9)8-12(26-11)19(27)32-18-16(24)14(22)13(21)15(23)17(18)25/h5-8,26H,3-4H2,1-2H3. The fourth-order valence-electron chi connectivity index (χ4n) is 2.85. The van der Waals surface area contributed by atoms with E-state index in [4.69, 9.17) is 9.05 Å². The second-order valence-corrected chi connectivity index (χ2v) is 8.33. The summed E-state index contributed by atoms with van der Waals surface area (Å²) in [5, 5.41) is 0.213. The molecule has 0 saturated heterocycles. The van der Waals surface area contributed by atoms with Gasteiger partial charge in [0.25, 0.3) is 5.52 Å². The molecule has 0 spiro atoms. The van der Waals surface area contributed by atoms with Gasteiger partial charge in [0.15, 0.2) is 0 Å². The molecule has 0 amide bonds. The largest absolute Gasteiger partial charge is 0.415 e. The predicted octanol–water partition coefficient (Wildman–Crippen LogP) is 5.49. The van der Waals surface area contributed by atoms with Crippen molar-refractivity contribution < 1.29 is 49.9 Å². The Morgan fingerprint density at radius 1 is 0.879 bits per heavy atom. The van der Waals surface area contributed by atoms with Gasteiger partial charge in [0, 0.05) is 16.5 Å². The number of aromatic amines is 1. The van der Waals surface area contributed by atoms with Crippen molar-refractivity contribution in [2.75, 3.05) is 13.2 Å². The van der Waals surface area contributed by atoms with Gasteiger partial charge in [-0.15, -0.1) is 0 Å². The van der Waals surface area contributed by atoms with Crippen LogP contribution in [0, 0.1) is 29.1 Å². The summed E-state index contributed by atoms with van der Waals surface area (Å²) in [6, 6.07) is 4.95. The second kappa shape index (κ2) is 9.42. The number of nitrogens with one attached hydrogen (secondary N) is 1. The highest BCUT2D eigenvalue weighted by Crippen LogP contribution is 2.51. The lowest BCUT2D eigenvalue weighted by Crippen LogP contribution is -2.14. The van der Waals surface area contributed by atoms with Crippen molar-refractivity contribution in [1.82, 2.24) is 4.98 Å². The van der Waals surface area contributed by atoms with E-state index in [1.807, 2.05) is 0 Å². The summed E-state index contributed by atoms with van der Waals surface area (Å²) in [5.41, 5.74) is -1.18. The summed E-state index contributed by atoms with van der Waals surface area (Å²) in [6.45, 7) is 2.94. The van der Waals surface area contributed by atoms with Gasteiger partial charge in [0.2, 0.25) is 34.8 Å². The van der Waals surface area contributed by atoms with Crippen LogP contribution in [0.15, 0.2) is 24.3 Å². The van der Waals surface area contributed by atoms with Gasteiger partial charge >= 0.3 is 13.6 Å². The van der Waals surface area contributed by atoms with Gasteiger partial charge in [-0.1, -0.05) is 0 Å². The minimum atomic E-state index is -4.12. The second-order valence-electron chi connectivity index (χ2n) is 6.41. The first-order valence-corrected chi connectivity index (χ1v) is 10.9. The van der Waals surface area contributed by atoms with Gasteiger partial charge in [0.05, 0.1) is 13.2 Å². The Kier molecular flexibility index (Phi) is 7.01. The van der Waals surface area contributed by atoms with Crippen LogP contribution < -0.4 is 4.74 Å². The highest BCUT2D eigenvalue weighted by atomic mass is 31.2. The smallest absolute Gasteiger partial charge is 0.401 e. The Morgan fingerprint density at radius 2 is 1.42 bits per heavy atom. The molecule has 1 aromatic heterocycles. The number of esters is 1. The molecular weight excluding hydrogens is 476 g/mol. The number of H-pyrrole nitrogens is 1. The first-order chi connectivity index (χ1) is 15.5. The van der Waals surface area contributed by atoms with Gasteiger partial charge in [-0.3, -0.25) is 9.36 Å². The van der Waals surface area contributed by atoms with Crippen LogP contribution in [0.4, 0.5) is 22.0 Å². The van der Waals surface area contributed by atoms with Gasteiger partial charge in [-0.2, -0.15) is 8.78 Å². The molecule has 0 radical (unpaired) electrons. The monoisotopic (exact) mass is 491 g/mol. The van der Waals surface area contributed by atoms with Crippen molar-refractivity contribution in [2.45, 2.75) is 13.8 Å². The highest BCUT2D eigenvalue weighted by molar-refractivity contribution is 7.72. The van der Waals surface area contributed by atoms with Crippen LogP contribution >= 0.6 is 7.60 Å². The molecule has 3 aromatic rings. The predicted molar refractivity (Wildman–Crippen MR) is 105 cm³/mol. The zero-order valence-electron chi connectivity index (χ0n) is 17.0. The molecule has 0 saturated carbocycles. The van der Waals surface area contributed by atoms with Crippen LogP contribution in [0.3, 0.4) is 0 Å². The molecule has 1 N–H and O–H groups in total. The van der Waals surface area contributed by atoms with E-state index in [-0.39, 0.29) is 29.7 Å². The highest BCUT2D eigenvalue weighted by Gasteiger charge is 2.35. The van der Waals surface area contributed by atoms with Gasteiger partial charge in [0.1, 0.15) is 5.69 Å². The average Bonchev–Trinajstić information content (AvgIpc) is 3.22. The van der Waals surface area contributed by atoms with E-state index in [1.165, 1.54) is 32.0 Å². The zero-order valence-corrected chi connectivity index (χ0v) is 17.9. The maximum absolute atomic E-state index is 13.8. The number of ether oxygens (including phenoxy) is 1. The third-order valence-corrected chi connectivity index (χ3v) is 6.25. The third-order valence-electron chi connectivity index (χ3n) is 4.30. The Labute approximate surface area is 183 Å². The Bertz CT molecular complexity index is 1270. The fourth-order valence-corrected chi connectivity index (χ4v) is 4.29. The zero-order chi connectivity index (χ0) is 24.5. The topological polar surface area (TPSA) is 94.7 Å². The van der Waals surface area contributed by atoms with Crippen molar-refractivity contribution >= 4 is 30.0 Å². The van der Waals surface area contributed by atoms with E-state index in [0.29, 0.717) is 0 Å². The minimum absolute atomic E-state index is 0.0525. The Hall–Kier alpha value is -3.08. The number of aromatic nitrogens is 1. The summed E-state index contributed by atoms with van der Waals surface area (Å²) in [6.07, 6.45) is 0. The Morgan fingerprint density at radius 3 is 1.97 bits per heavy atom. The van der Waals surface area contributed by atoms with Crippen LogP contribution in [0.2, 0.25) is 0 Å². The summed E-state index contributed by atoms with van der Waals surface area (Å²) in [5.74, 6) is -14.8. The molecule has 0 fully saturated rings. The molecule has 0 unspecified atom stereocenters. The normalized spacial score (nSPS) is 11.7. The number of halogens is 5. The molecule has 0 atom stereocenters. The first-order valence-electron chi connectivity index (χ1n) is 9.34. The molecule has 0 aliphatic heterocycles. The lowest BCUT2D eigenvalue weighted by Gasteiger charge is -2.15. The van der Waals surface area contributed by atoms with Crippen LogP contribution in [-0.4, -0.2) is 29.7 Å². The maximum atomic E-state index is 13.8. The molecule has 33 heavy (non-hydrogen) atoms. The van der Waals surface area contributed by atoms with Crippen molar-refractivity contribution in [2.24, 2.45) is 0 Å². The number of hydrogen-bond acceptors (Lipinski definition) is 6. The molecule has 13 heteroatoms. The number of carbonyl (C=O) groups excluding carboxylic acids is 2. The van der Waals surface area contributed by atoms with E-state index < -0.39 is 59.6 Å². The molecule has 0 bridgehead atoms.